The van der Waals surface area contributed by atoms with Gasteiger partial charge in [-0.25, -0.2) is 0 Å². The molecule has 1 fully saturated rings. The first-order valence-corrected chi connectivity index (χ1v) is 7.85. The van der Waals surface area contributed by atoms with Gasteiger partial charge in [-0.15, -0.1) is 0 Å². The summed E-state index contributed by atoms with van der Waals surface area (Å²) in [6, 6.07) is 8.23. The molecular weight excluding hydrogens is 268 g/mol. The van der Waals surface area contributed by atoms with Crippen molar-refractivity contribution in [1.82, 2.24) is 0 Å². The minimum atomic E-state index is 0.503. The maximum Gasteiger partial charge on any atom is 0.101 e. The van der Waals surface area contributed by atoms with E-state index in [1.54, 1.807) is 6.07 Å². The third-order valence-electron chi connectivity index (χ3n) is 4.46. The third-order valence-corrected chi connectivity index (χ3v) is 4.78. The highest BCUT2D eigenvalue weighted by molar-refractivity contribution is 6.32. The largest absolute Gasteiger partial charge is 0.382 e. The van der Waals surface area contributed by atoms with Crippen LogP contribution in [0.4, 0.5) is 5.69 Å². The van der Waals surface area contributed by atoms with Gasteiger partial charge >= 0.3 is 0 Å². The summed E-state index contributed by atoms with van der Waals surface area (Å²) in [5.41, 5.74) is 1.56. The Labute approximate surface area is 127 Å². The second-order valence-corrected chi connectivity index (χ2v) is 6.79. The highest BCUT2D eigenvalue weighted by atomic mass is 35.5. The molecule has 0 radical (unpaired) electrons. The second-order valence-electron chi connectivity index (χ2n) is 6.38. The smallest absolute Gasteiger partial charge is 0.101 e. The number of nitriles is 1. The van der Waals surface area contributed by atoms with Crippen molar-refractivity contribution < 1.29 is 0 Å². The molecule has 2 nitrogen and oxygen atoms in total. The lowest BCUT2D eigenvalue weighted by molar-refractivity contribution is 0.212. The predicted octanol–water partition coefficient (Wildman–Crippen LogP) is 5.08. The fraction of sp³-hybridized carbons (Fsp3) is 0.588. The number of benzene rings is 1. The van der Waals surface area contributed by atoms with Crippen LogP contribution in [0.2, 0.25) is 5.02 Å². The van der Waals surface area contributed by atoms with Gasteiger partial charge in [0.15, 0.2) is 0 Å². The molecule has 3 heteroatoms. The van der Waals surface area contributed by atoms with Crippen LogP contribution in [0.5, 0.6) is 0 Å². The van der Waals surface area contributed by atoms with Gasteiger partial charge in [0, 0.05) is 11.7 Å². The van der Waals surface area contributed by atoms with E-state index in [-0.39, 0.29) is 0 Å². The standard InChI is InChI=1S/C17H23ClN2/c1-11(2)15-7-4-12(3)8-17(15)20-14-6-5-13(10-19)16(18)9-14/h5-6,9,11-12,15,17,20H,4,7-8H2,1-3H3. The molecule has 1 aliphatic rings. The highest BCUT2D eigenvalue weighted by Gasteiger charge is 2.30. The summed E-state index contributed by atoms with van der Waals surface area (Å²) in [4.78, 5) is 0. The maximum absolute atomic E-state index is 8.93. The van der Waals surface area contributed by atoms with E-state index in [4.69, 9.17) is 16.9 Å². The molecule has 108 valence electrons. The van der Waals surface area contributed by atoms with E-state index in [0.29, 0.717) is 28.5 Å². The van der Waals surface area contributed by atoms with Crippen LogP contribution in [0.15, 0.2) is 18.2 Å². The molecule has 0 aromatic heterocycles. The second kappa shape index (κ2) is 6.50. The molecule has 0 aliphatic heterocycles. The van der Waals surface area contributed by atoms with Crippen LogP contribution >= 0.6 is 11.6 Å². The zero-order chi connectivity index (χ0) is 14.7. The SMILES string of the molecule is CC1CCC(C(C)C)C(Nc2ccc(C#N)c(Cl)c2)C1. The third kappa shape index (κ3) is 3.46. The van der Waals surface area contributed by atoms with Gasteiger partial charge in [0.1, 0.15) is 6.07 Å². The number of nitrogens with zero attached hydrogens (tertiary/aromatic N) is 1. The molecule has 1 aromatic carbocycles. The summed E-state index contributed by atoms with van der Waals surface area (Å²) < 4.78 is 0. The van der Waals surface area contributed by atoms with Crippen LogP contribution in [0.3, 0.4) is 0 Å². The average Bonchev–Trinajstić information content (AvgIpc) is 2.38. The summed E-state index contributed by atoms with van der Waals surface area (Å²) >= 11 is 6.11. The Hall–Kier alpha value is -1.20. The summed E-state index contributed by atoms with van der Waals surface area (Å²) in [7, 11) is 0. The number of hydrogen-bond acceptors (Lipinski definition) is 2. The van der Waals surface area contributed by atoms with E-state index >= 15 is 0 Å². The molecule has 3 atom stereocenters. The summed E-state index contributed by atoms with van der Waals surface area (Å²) in [5, 5.41) is 13.1. The average molecular weight is 291 g/mol. The maximum atomic E-state index is 8.93. The van der Waals surface area contributed by atoms with Gasteiger partial charge in [-0.1, -0.05) is 38.8 Å². The first kappa shape index (κ1) is 15.2. The molecule has 1 aromatic rings. The Morgan fingerprint density at radius 1 is 1.35 bits per heavy atom. The highest BCUT2D eigenvalue weighted by Crippen LogP contribution is 2.35. The molecule has 1 saturated carbocycles. The molecule has 0 saturated heterocycles. The number of hydrogen-bond donors (Lipinski definition) is 1. The van der Waals surface area contributed by atoms with Gasteiger partial charge < -0.3 is 5.32 Å². The monoisotopic (exact) mass is 290 g/mol. The number of rotatable bonds is 3. The lowest BCUT2D eigenvalue weighted by atomic mass is 9.74. The normalized spacial score (nSPS) is 26.3. The van der Waals surface area contributed by atoms with Gasteiger partial charge in [-0.2, -0.15) is 5.26 Å². The first-order valence-electron chi connectivity index (χ1n) is 7.47. The molecular formula is C17H23ClN2. The van der Waals surface area contributed by atoms with Crippen molar-refractivity contribution >= 4 is 17.3 Å². The lowest BCUT2D eigenvalue weighted by Gasteiger charge is -2.38. The predicted molar refractivity (Wildman–Crippen MR) is 84.9 cm³/mol. The van der Waals surface area contributed by atoms with E-state index in [1.807, 2.05) is 12.1 Å². The molecule has 3 unspecified atom stereocenters. The zero-order valence-corrected chi connectivity index (χ0v) is 13.2. The molecule has 0 bridgehead atoms. The minimum absolute atomic E-state index is 0.503. The lowest BCUT2D eigenvalue weighted by Crippen LogP contribution is -2.37. The quantitative estimate of drug-likeness (QED) is 0.842. The molecule has 2 rings (SSSR count). The van der Waals surface area contributed by atoms with Crippen LogP contribution < -0.4 is 5.32 Å². The Morgan fingerprint density at radius 2 is 2.10 bits per heavy atom. The van der Waals surface area contributed by atoms with Gasteiger partial charge in [0.25, 0.3) is 0 Å². The number of halogens is 1. The van der Waals surface area contributed by atoms with Gasteiger partial charge in [-0.3, -0.25) is 0 Å². The van der Waals surface area contributed by atoms with E-state index in [1.165, 1.54) is 19.3 Å². The van der Waals surface area contributed by atoms with Gasteiger partial charge in [0.2, 0.25) is 0 Å². The Kier molecular flexibility index (Phi) is 4.94. The van der Waals surface area contributed by atoms with Crippen molar-refractivity contribution in [2.24, 2.45) is 17.8 Å². The summed E-state index contributed by atoms with van der Waals surface area (Å²) in [5.74, 6) is 2.17. The van der Waals surface area contributed by atoms with Crippen molar-refractivity contribution in [2.75, 3.05) is 5.32 Å². The molecule has 0 spiro atoms. The molecule has 1 N–H and O–H groups in total. The molecule has 0 amide bonds. The molecule has 20 heavy (non-hydrogen) atoms. The van der Waals surface area contributed by atoms with E-state index in [2.05, 4.69) is 32.2 Å². The van der Waals surface area contributed by atoms with Crippen LogP contribution in [0.25, 0.3) is 0 Å². The Morgan fingerprint density at radius 3 is 2.70 bits per heavy atom. The van der Waals surface area contributed by atoms with Crippen molar-refractivity contribution in [2.45, 2.75) is 46.1 Å². The van der Waals surface area contributed by atoms with E-state index in [9.17, 15) is 0 Å². The molecule has 0 heterocycles. The van der Waals surface area contributed by atoms with E-state index in [0.717, 1.165) is 11.6 Å². The zero-order valence-electron chi connectivity index (χ0n) is 12.5. The van der Waals surface area contributed by atoms with Crippen LogP contribution in [0, 0.1) is 29.1 Å². The van der Waals surface area contributed by atoms with Crippen molar-refractivity contribution in [3.05, 3.63) is 28.8 Å². The van der Waals surface area contributed by atoms with Crippen molar-refractivity contribution in [3.63, 3.8) is 0 Å². The van der Waals surface area contributed by atoms with Gasteiger partial charge in [-0.05, 0) is 48.8 Å². The van der Waals surface area contributed by atoms with Crippen LogP contribution in [0.1, 0.15) is 45.6 Å². The fourth-order valence-corrected chi connectivity index (χ4v) is 3.50. The van der Waals surface area contributed by atoms with Crippen LogP contribution in [-0.4, -0.2) is 6.04 Å². The van der Waals surface area contributed by atoms with Crippen molar-refractivity contribution in [3.8, 4) is 6.07 Å². The number of anilines is 1. The summed E-state index contributed by atoms with van der Waals surface area (Å²) in [6.45, 7) is 6.94. The van der Waals surface area contributed by atoms with E-state index < -0.39 is 0 Å². The summed E-state index contributed by atoms with van der Waals surface area (Å²) in [6.07, 6.45) is 3.83. The fourth-order valence-electron chi connectivity index (χ4n) is 3.28. The first-order chi connectivity index (χ1) is 9.51. The Balaban J connectivity index is 2.14. The van der Waals surface area contributed by atoms with Gasteiger partial charge in [0.05, 0.1) is 10.6 Å². The van der Waals surface area contributed by atoms with Crippen LogP contribution in [-0.2, 0) is 0 Å². The minimum Gasteiger partial charge on any atom is -0.382 e. The molecule has 1 aliphatic carbocycles. The number of nitrogens with one attached hydrogen (secondary N) is 1. The Bertz CT molecular complexity index is 504. The van der Waals surface area contributed by atoms with Crippen molar-refractivity contribution in [1.29, 1.82) is 5.26 Å². The topological polar surface area (TPSA) is 35.8 Å².